The molecule has 0 bridgehead atoms. The van der Waals surface area contributed by atoms with Gasteiger partial charge in [0.1, 0.15) is 11.5 Å². The quantitative estimate of drug-likeness (QED) is 0.506. The van der Waals surface area contributed by atoms with E-state index >= 15 is 0 Å². The van der Waals surface area contributed by atoms with Crippen LogP contribution in [0.3, 0.4) is 0 Å². The lowest BCUT2D eigenvalue weighted by atomic mass is 9.98. The van der Waals surface area contributed by atoms with Crippen molar-refractivity contribution >= 4 is 34.4 Å². The number of aromatic nitrogens is 1. The van der Waals surface area contributed by atoms with Gasteiger partial charge in [-0.2, -0.15) is 0 Å². The SMILES string of the molecule is Cc1nc(NC(=O)OCC2c3ccccc3-c3ccccc32)sc1C(=O)N(C)OCC(=O)O. The number of carboxylic acids is 1. The van der Waals surface area contributed by atoms with Gasteiger partial charge in [-0.05, 0) is 29.2 Å². The van der Waals surface area contributed by atoms with Gasteiger partial charge in [-0.1, -0.05) is 59.9 Å². The summed E-state index contributed by atoms with van der Waals surface area (Å²) in [4.78, 5) is 44.8. The zero-order chi connectivity index (χ0) is 23.5. The first kappa shape index (κ1) is 22.4. The summed E-state index contributed by atoms with van der Waals surface area (Å²) in [6.07, 6.45) is -0.680. The van der Waals surface area contributed by atoms with Crippen molar-refractivity contribution in [2.45, 2.75) is 12.8 Å². The molecule has 2 amide bonds. The highest BCUT2D eigenvalue weighted by Gasteiger charge is 2.29. The van der Waals surface area contributed by atoms with E-state index < -0.39 is 24.6 Å². The highest BCUT2D eigenvalue weighted by molar-refractivity contribution is 7.17. The number of anilines is 1. The Morgan fingerprint density at radius 1 is 1.09 bits per heavy atom. The third kappa shape index (κ3) is 4.71. The number of rotatable bonds is 7. The van der Waals surface area contributed by atoms with Gasteiger partial charge in [0.05, 0.1) is 5.69 Å². The fourth-order valence-corrected chi connectivity index (χ4v) is 4.64. The summed E-state index contributed by atoms with van der Waals surface area (Å²) >= 11 is 0.952. The number of nitrogens with one attached hydrogen (secondary N) is 1. The van der Waals surface area contributed by atoms with Crippen LogP contribution in [0.5, 0.6) is 0 Å². The Hall–Kier alpha value is -3.76. The molecule has 0 atom stereocenters. The average Bonchev–Trinajstić information content (AvgIpc) is 3.32. The minimum atomic E-state index is -1.20. The standard InChI is InChI=1S/C23H21N3O6S/c1-13-20(21(29)26(2)32-12-19(27)28)33-22(24-13)25-23(30)31-11-18-16-9-5-3-7-14(16)15-8-4-6-10-17(15)18/h3-10,18H,11-12H2,1-2H3,(H,27,28)(H,24,25,30). The molecule has 2 aromatic carbocycles. The number of fused-ring (bicyclic) bond motifs is 3. The van der Waals surface area contributed by atoms with Crippen molar-refractivity contribution in [1.29, 1.82) is 0 Å². The van der Waals surface area contributed by atoms with E-state index in [4.69, 9.17) is 14.7 Å². The van der Waals surface area contributed by atoms with Gasteiger partial charge in [0.25, 0.3) is 5.91 Å². The van der Waals surface area contributed by atoms with Crippen LogP contribution in [-0.2, 0) is 14.4 Å². The van der Waals surface area contributed by atoms with Crippen molar-refractivity contribution < 1.29 is 29.1 Å². The van der Waals surface area contributed by atoms with Crippen LogP contribution in [0.1, 0.15) is 32.4 Å². The van der Waals surface area contributed by atoms with E-state index in [1.165, 1.54) is 7.05 Å². The van der Waals surface area contributed by atoms with Crippen LogP contribution in [0.4, 0.5) is 9.93 Å². The highest BCUT2D eigenvalue weighted by Crippen LogP contribution is 2.44. The Bertz CT molecular complexity index is 1180. The molecule has 4 rings (SSSR count). The van der Waals surface area contributed by atoms with Crippen molar-refractivity contribution in [2.24, 2.45) is 0 Å². The van der Waals surface area contributed by atoms with Crippen LogP contribution in [0, 0.1) is 6.92 Å². The summed E-state index contributed by atoms with van der Waals surface area (Å²) in [6.45, 7) is 1.12. The number of aryl methyl sites for hydroxylation is 1. The second-order valence-corrected chi connectivity index (χ2v) is 8.35. The van der Waals surface area contributed by atoms with Gasteiger partial charge in [-0.25, -0.2) is 19.6 Å². The van der Waals surface area contributed by atoms with Crippen molar-refractivity contribution in [3.8, 4) is 11.1 Å². The van der Waals surface area contributed by atoms with Gasteiger partial charge in [-0.3, -0.25) is 14.9 Å². The van der Waals surface area contributed by atoms with Crippen molar-refractivity contribution in [2.75, 3.05) is 25.6 Å². The first-order chi connectivity index (χ1) is 15.8. The van der Waals surface area contributed by atoms with Gasteiger partial charge in [0.2, 0.25) is 0 Å². The molecule has 0 fully saturated rings. The molecule has 0 saturated carbocycles. The van der Waals surface area contributed by atoms with Crippen LogP contribution >= 0.6 is 11.3 Å². The first-order valence-electron chi connectivity index (χ1n) is 10.1. The Morgan fingerprint density at radius 3 is 2.30 bits per heavy atom. The predicted molar refractivity (Wildman–Crippen MR) is 121 cm³/mol. The Morgan fingerprint density at radius 2 is 1.70 bits per heavy atom. The summed E-state index contributed by atoms with van der Waals surface area (Å²) < 4.78 is 5.50. The molecule has 0 spiro atoms. The number of thiazole rings is 1. The average molecular weight is 468 g/mol. The number of hydroxylamine groups is 2. The van der Waals surface area contributed by atoms with E-state index in [-0.39, 0.29) is 22.5 Å². The second-order valence-electron chi connectivity index (χ2n) is 7.35. The van der Waals surface area contributed by atoms with E-state index in [0.717, 1.165) is 38.7 Å². The number of benzene rings is 2. The smallest absolute Gasteiger partial charge is 0.413 e. The minimum absolute atomic E-state index is 0.0710. The normalized spacial score (nSPS) is 12.1. The summed E-state index contributed by atoms with van der Waals surface area (Å²) in [5.41, 5.74) is 4.86. The van der Waals surface area contributed by atoms with Crippen LogP contribution in [0.15, 0.2) is 48.5 Å². The maximum atomic E-state index is 12.4. The number of amides is 2. The van der Waals surface area contributed by atoms with Crippen molar-refractivity contribution in [1.82, 2.24) is 10.0 Å². The minimum Gasteiger partial charge on any atom is -0.479 e. The Labute approximate surface area is 193 Å². The monoisotopic (exact) mass is 467 g/mol. The molecule has 33 heavy (non-hydrogen) atoms. The summed E-state index contributed by atoms with van der Waals surface area (Å²) in [7, 11) is 1.31. The first-order valence-corrected chi connectivity index (χ1v) is 10.9. The van der Waals surface area contributed by atoms with Crippen LogP contribution in [0.25, 0.3) is 11.1 Å². The van der Waals surface area contributed by atoms with E-state index in [1.54, 1.807) is 6.92 Å². The number of hydrogen-bond donors (Lipinski definition) is 2. The number of carbonyl (C=O) groups is 3. The van der Waals surface area contributed by atoms with E-state index in [9.17, 15) is 14.4 Å². The van der Waals surface area contributed by atoms with Crippen LogP contribution < -0.4 is 5.32 Å². The van der Waals surface area contributed by atoms with E-state index in [0.29, 0.717) is 5.69 Å². The number of hydrogen-bond acceptors (Lipinski definition) is 7. The predicted octanol–water partition coefficient (Wildman–Crippen LogP) is 3.90. The number of aliphatic carboxylic acids is 1. The van der Waals surface area contributed by atoms with E-state index in [2.05, 4.69) is 22.4 Å². The highest BCUT2D eigenvalue weighted by atomic mass is 32.1. The number of carbonyl (C=O) groups excluding carboxylic acids is 2. The maximum absolute atomic E-state index is 12.4. The van der Waals surface area contributed by atoms with Crippen LogP contribution in [-0.4, -0.2) is 53.4 Å². The second kappa shape index (κ2) is 9.39. The Kier molecular flexibility index (Phi) is 6.38. The maximum Gasteiger partial charge on any atom is 0.413 e. The topological polar surface area (TPSA) is 118 Å². The number of nitrogens with zero attached hydrogens (tertiary/aromatic N) is 2. The molecule has 1 heterocycles. The summed E-state index contributed by atoms with van der Waals surface area (Å²) in [5.74, 6) is -1.83. The van der Waals surface area contributed by atoms with Gasteiger partial charge in [0, 0.05) is 13.0 Å². The molecule has 9 nitrogen and oxygen atoms in total. The van der Waals surface area contributed by atoms with Gasteiger partial charge in [0.15, 0.2) is 11.7 Å². The summed E-state index contributed by atoms with van der Waals surface area (Å²) in [6, 6.07) is 16.1. The molecule has 1 aliphatic carbocycles. The number of ether oxygens (including phenoxy) is 1. The molecular formula is C23H21N3O6S. The zero-order valence-corrected chi connectivity index (χ0v) is 18.7. The molecule has 0 unspecified atom stereocenters. The Balaban J connectivity index is 1.40. The van der Waals surface area contributed by atoms with Crippen molar-refractivity contribution in [3.05, 3.63) is 70.2 Å². The van der Waals surface area contributed by atoms with Crippen LogP contribution in [0.2, 0.25) is 0 Å². The third-order valence-corrected chi connectivity index (χ3v) is 6.27. The summed E-state index contributed by atoms with van der Waals surface area (Å²) in [5, 5.41) is 12.3. The molecule has 170 valence electrons. The molecule has 2 N–H and O–H groups in total. The van der Waals surface area contributed by atoms with Gasteiger partial charge < -0.3 is 9.84 Å². The molecule has 1 aliphatic rings. The molecule has 3 aromatic rings. The largest absolute Gasteiger partial charge is 0.479 e. The molecule has 0 saturated heterocycles. The fourth-order valence-electron chi connectivity index (χ4n) is 3.72. The lowest BCUT2D eigenvalue weighted by Crippen LogP contribution is -2.29. The van der Waals surface area contributed by atoms with Crippen molar-refractivity contribution in [3.63, 3.8) is 0 Å². The molecule has 0 aliphatic heterocycles. The van der Waals surface area contributed by atoms with E-state index in [1.807, 2.05) is 36.4 Å². The van der Waals surface area contributed by atoms with Gasteiger partial charge >= 0.3 is 12.1 Å². The lowest BCUT2D eigenvalue weighted by Gasteiger charge is -2.14. The molecular weight excluding hydrogens is 446 g/mol. The molecule has 0 radical (unpaired) electrons. The zero-order valence-electron chi connectivity index (χ0n) is 17.9. The van der Waals surface area contributed by atoms with Gasteiger partial charge in [-0.15, -0.1) is 0 Å². The fraction of sp³-hybridized carbons (Fsp3) is 0.217. The third-order valence-electron chi connectivity index (χ3n) is 5.21. The lowest BCUT2D eigenvalue weighted by molar-refractivity contribution is -0.159. The molecule has 10 heteroatoms. The molecule has 1 aromatic heterocycles. The number of carboxylic acid groups (broad SMARTS) is 1.